The van der Waals surface area contributed by atoms with Gasteiger partial charge in [0.2, 0.25) is 0 Å². The molecule has 1 aliphatic heterocycles. The molecule has 1 aliphatic rings. The van der Waals surface area contributed by atoms with E-state index in [0.717, 1.165) is 6.54 Å². The first-order chi connectivity index (χ1) is 7.27. The molecular weight excluding hydrogens is 184 g/mol. The summed E-state index contributed by atoms with van der Waals surface area (Å²) in [7, 11) is 0. The Kier molecular flexibility index (Phi) is 2.99. The third-order valence-corrected chi connectivity index (χ3v) is 2.63. The van der Waals surface area contributed by atoms with E-state index >= 15 is 0 Å². The summed E-state index contributed by atoms with van der Waals surface area (Å²) in [6, 6.07) is 8.69. The van der Waals surface area contributed by atoms with Crippen LogP contribution in [-0.2, 0) is 0 Å². The van der Waals surface area contributed by atoms with E-state index in [1.54, 1.807) is 0 Å². The molecule has 1 heterocycles. The Morgan fingerprint density at radius 3 is 2.67 bits per heavy atom. The predicted octanol–water partition coefficient (Wildman–Crippen LogP) is 2.34. The maximum Gasteiger partial charge on any atom is 0.0677 e. The maximum absolute atomic E-state index is 5.98. The molecule has 0 saturated heterocycles. The number of aryl methyl sites for hydroxylation is 1. The summed E-state index contributed by atoms with van der Waals surface area (Å²) in [5.41, 5.74) is 2.51. The molecule has 0 amide bonds. The monoisotopic (exact) mass is 200 g/mol. The van der Waals surface area contributed by atoms with Gasteiger partial charge in [0.1, 0.15) is 0 Å². The van der Waals surface area contributed by atoms with Crippen LogP contribution in [0.5, 0.6) is 0 Å². The fourth-order valence-electron chi connectivity index (χ4n) is 1.72. The molecule has 0 aromatic heterocycles. The van der Waals surface area contributed by atoms with Gasteiger partial charge in [0.25, 0.3) is 0 Å². The molecule has 1 aromatic carbocycles. The van der Waals surface area contributed by atoms with Crippen molar-refractivity contribution in [3.8, 4) is 0 Å². The number of allylic oxidation sites excluding steroid dienone is 2. The van der Waals surface area contributed by atoms with Crippen LogP contribution in [0.4, 0.5) is 0 Å². The minimum atomic E-state index is 0.181. The second-order valence-corrected chi connectivity index (χ2v) is 3.87. The molecule has 1 atom stereocenters. The third kappa shape index (κ3) is 2.35. The van der Waals surface area contributed by atoms with Crippen LogP contribution in [0.15, 0.2) is 48.6 Å². The Hall–Kier alpha value is -1.38. The number of nitrogens with zero attached hydrogens (tertiary/aromatic N) is 1. The van der Waals surface area contributed by atoms with E-state index < -0.39 is 0 Å². The van der Waals surface area contributed by atoms with E-state index in [1.807, 2.05) is 11.1 Å². The maximum atomic E-state index is 5.98. The normalized spacial score (nSPS) is 21.6. The second kappa shape index (κ2) is 4.43. The van der Waals surface area contributed by atoms with Crippen LogP contribution in [0, 0.1) is 6.92 Å². The summed E-state index contributed by atoms with van der Waals surface area (Å²) in [5.74, 6) is 5.98. The Morgan fingerprint density at radius 2 is 1.93 bits per heavy atom. The lowest BCUT2D eigenvalue weighted by Crippen LogP contribution is -2.33. The average molecular weight is 200 g/mol. The summed E-state index contributed by atoms with van der Waals surface area (Å²) in [4.78, 5) is 0. The quantitative estimate of drug-likeness (QED) is 0.705. The lowest BCUT2D eigenvalue weighted by Gasteiger charge is -2.23. The molecule has 2 rings (SSSR count). The number of rotatable bonds is 1. The lowest BCUT2D eigenvalue weighted by molar-refractivity contribution is 0.267. The Morgan fingerprint density at radius 1 is 1.20 bits per heavy atom. The molecule has 2 heteroatoms. The van der Waals surface area contributed by atoms with Gasteiger partial charge in [-0.1, -0.05) is 54.1 Å². The Bertz CT molecular complexity index is 376. The van der Waals surface area contributed by atoms with Gasteiger partial charge in [-0.2, -0.15) is 0 Å². The summed E-state index contributed by atoms with van der Waals surface area (Å²) in [6.45, 7) is 2.88. The van der Waals surface area contributed by atoms with E-state index in [-0.39, 0.29) is 6.04 Å². The lowest BCUT2D eigenvalue weighted by atomic mass is 10.0. The van der Waals surface area contributed by atoms with Gasteiger partial charge in [0, 0.05) is 6.54 Å². The smallest absolute Gasteiger partial charge is 0.0677 e. The van der Waals surface area contributed by atoms with Crippen LogP contribution in [-0.4, -0.2) is 11.6 Å². The van der Waals surface area contributed by atoms with Crippen molar-refractivity contribution >= 4 is 0 Å². The highest BCUT2D eigenvalue weighted by Gasteiger charge is 2.14. The average Bonchev–Trinajstić information content (AvgIpc) is 2.44. The molecule has 0 fully saturated rings. The first kappa shape index (κ1) is 10.1. The fourth-order valence-corrected chi connectivity index (χ4v) is 1.72. The molecule has 1 unspecified atom stereocenters. The van der Waals surface area contributed by atoms with Crippen molar-refractivity contribution in [3.63, 3.8) is 0 Å². The highest BCUT2D eigenvalue weighted by atomic mass is 15.4. The Labute approximate surface area is 90.7 Å². The number of benzene rings is 1. The van der Waals surface area contributed by atoms with Crippen LogP contribution in [0.2, 0.25) is 0 Å². The molecule has 1 aromatic rings. The largest absolute Gasteiger partial charge is 0.268 e. The third-order valence-electron chi connectivity index (χ3n) is 2.63. The van der Waals surface area contributed by atoms with E-state index in [1.165, 1.54) is 11.1 Å². The number of nitrogens with two attached hydrogens (primary N) is 1. The number of hydrogen-bond donors (Lipinski definition) is 1. The highest BCUT2D eigenvalue weighted by Crippen LogP contribution is 2.21. The zero-order chi connectivity index (χ0) is 10.7. The second-order valence-electron chi connectivity index (χ2n) is 3.87. The van der Waals surface area contributed by atoms with E-state index in [2.05, 4.69) is 49.4 Å². The van der Waals surface area contributed by atoms with Gasteiger partial charge in [0.15, 0.2) is 0 Å². The van der Waals surface area contributed by atoms with Crippen LogP contribution >= 0.6 is 0 Å². The van der Waals surface area contributed by atoms with Crippen LogP contribution in [0.1, 0.15) is 17.2 Å². The van der Waals surface area contributed by atoms with E-state index in [4.69, 9.17) is 5.84 Å². The molecule has 0 aliphatic carbocycles. The Balaban J connectivity index is 2.25. The van der Waals surface area contributed by atoms with Crippen molar-refractivity contribution in [2.75, 3.05) is 6.54 Å². The van der Waals surface area contributed by atoms with Crippen LogP contribution < -0.4 is 5.84 Å². The molecule has 0 radical (unpaired) electrons. The molecule has 0 spiro atoms. The summed E-state index contributed by atoms with van der Waals surface area (Å²) >= 11 is 0. The molecule has 78 valence electrons. The van der Waals surface area contributed by atoms with E-state index in [0.29, 0.717) is 0 Å². The molecular formula is C13H16N2. The molecule has 2 nitrogen and oxygen atoms in total. The van der Waals surface area contributed by atoms with Gasteiger partial charge in [-0.05, 0) is 12.5 Å². The SMILES string of the molecule is Cc1ccc(C2C=CC=CCN2N)cc1. The first-order valence-corrected chi connectivity index (χ1v) is 5.18. The van der Waals surface area contributed by atoms with Gasteiger partial charge in [-0.25, -0.2) is 5.01 Å². The van der Waals surface area contributed by atoms with Crippen molar-refractivity contribution in [2.24, 2.45) is 5.84 Å². The molecule has 0 bridgehead atoms. The zero-order valence-corrected chi connectivity index (χ0v) is 8.93. The number of hydrogen-bond acceptors (Lipinski definition) is 2. The summed E-state index contributed by atoms with van der Waals surface area (Å²) in [6.07, 6.45) is 8.27. The minimum absolute atomic E-state index is 0.181. The summed E-state index contributed by atoms with van der Waals surface area (Å²) < 4.78 is 0. The van der Waals surface area contributed by atoms with Gasteiger partial charge in [0.05, 0.1) is 6.04 Å². The topological polar surface area (TPSA) is 29.3 Å². The van der Waals surface area contributed by atoms with Crippen LogP contribution in [0.3, 0.4) is 0 Å². The first-order valence-electron chi connectivity index (χ1n) is 5.18. The van der Waals surface area contributed by atoms with E-state index in [9.17, 15) is 0 Å². The summed E-state index contributed by atoms with van der Waals surface area (Å²) in [5, 5.41) is 1.84. The van der Waals surface area contributed by atoms with Crippen molar-refractivity contribution in [3.05, 3.63) is 59.7 Å². The van der Waals surface area contributed by atoms with Gasteiger partial charge in [-0.3, -0.25) is 5.84 Å². The van der Waals surface area contributed by atoms with Gasteiger partial charge in [-0.15, -0.1) is 0 Å². The minimum Gasteiger partial charge on any atom is -0.268 e. The van der Waals surface area contributed by atoms with Gasteiger partial charge >= 0.3 is 0 Å². The van der Waals surface area contributed by atoms with Crippen molar-refractivity contribution in [1.82, 2.24) is 5.01 Å². The predicted molar refractivity (Wildman–Crippen MR) is 63.1 cm³/mol. The molecule has 2 N–H and O–H groups in total. The van der Waals surface area contributed by atoms with Crippen LogP contribution in [0.25, 0.3) is 0 Å². The molecule has 15 heavy (non-hydrogen) atoms. The zero-order valence-electron chi connectivity index (χ0n) is 8.93. The van der Waals surface area contributed by atoms with Crippen molar-refractivity contribution in [1.29, 1.82) is 0 Å². The number of hydrazine groups is 1. The highest BCUT2D eigenvalue weighted by molar-refractivity contribution is 5.28. The molecule has 0 saturated carbocycles. The standard InChI is InChI=1S/C13H16N2/c1-11-6-8-12(9-7-11)13-5-3-2-4-10-15(13)14/h2-9,13H,10,14H2,1H3. The van der Waals surface area contributed by atoms with Gasteiger partial charge < -0.3 is 0 Å². The fraction of sp³-hybridized carbons (Fsp3) is 0.231. The van der Waals surface area contributed by atoms with Crippen molar-refractivity contribution in [2.45, 2.75) is 13.0 Å². The van der Waals surface area contributed by atoms with Crippen molar-refractivity contribution < 1.29 is 0 Å².